The quantitative estimate of drug-likeness (QED) is 0.371. The Bertz CT molecular complexity index is 681. The van der Waals surface area contributed by atoms with Crippen molar-refractivity contribution >= 4 is 11.5 Å². The minimum Gasteiger partial charge on any atom is -0.287 e. The van der Waals surface area contributed by atoms with E-state index < -0.39 is 4.92 Å². The summed E-state index contributed by atoms with van der Waals surface area (Å²) in [5.41, 5.74) is 2.39. The molecule has 0 saturated carbocycles. The van der Waals surface area contributed by atoms with Crippen LogP contribution in [0, 0.1) is 24.0 Å². The molecule has 102 valence electrons. The van der Waals surface area contributed by atoms with Crippen LogP contribution in [0.1, 0.15) is 21.6 Å². The topological polar surface area (TPSA) is 64.1 Å². The van der Waals surface area contributed by atoms with Gasteiger partial charge in [-0.1, -0.05) is 12.1 Å². The highest BCUT2D eigenvalue weighted by atomic mass is 16.6. The molecule has 0 aliphatic rings. The maximum atomic E-state index is 12.2. The molecule has 1 aromatic carbocycles. The summed E-state index contributed by atoms with van der Waals surface area (Å²) in [5, 5.41) is 10.7. The van der Waals surface area contributed by atoms with Crippen LogP contribution in [-0.4, -0.2) is 10.7 Å². The summed E-state index contributed by atoms with van der Waals surface area (Å²) in [4.78, 5) is 22.4. The van der Waals surface area contributed by atoms with E-state index in [-0.39, 0.29) is 18.0 Å². The van der Waals surface area contributed by atoms with Gasteiger partial charge in [0.1, 0.15) is 0 Å². The molecule has 2 rings (SSSR count). The van der Waals surface area contributed by atoms with Crippen molar-refractivity contribution in [2.24, 2.45) is 0 Å². The van der Waals surface area contributed by atoms with E-state index in [1.807, 2.05) is 36.7 Å². The van der Waals surface area contributed by atoms with E-state index in [4.69, 9.17) is 0 Å². The van der Waals surface area contributed by atoms with Crippen LogP contribution in [0.25, 0.3) is 0 Å². The number of pyridine rings is 1. The van der Waals surface area contributed by atoms with E-state index in [2.05, 4.69) is 0 Å². The number of hydrogen-bond acceptors (Lipinski definition) is 3. The van der Waals surface area contributed by atoms with Crippen molar-refractivity contribution in [1.82, 2.24) is 0 Å². The van der Waals surface area contributed by atoms with Gasteiger partial charge < -0.3 is 0 Å². The van der Waals surface area contributed by atoms with Crippen molar-refractivity contribution in [2.75, 3.05) is 0 Å². The molecule has 2 aromatic rings. The molecule has 0 atom stereocenters. The van der Waals surface area contributed by atoms with Crippen LogP contribution >= 0.6 is 0 Å². The summed E-state index contributed by atoms with van der Waals surface area (Å²) in [5.74, 6) is -0.146. The predicted molar refractivity (Wildman–Crippen MR) is 73.5 cm³/mol. The number of Topliss-reactive ketones (excluding diaryl/α,β-unsaturated/α-hetero) is 1. The van der Waals surface area contributed by atoms with Crippen molar-refractivity contribution in [3.8, 4) is 0 Å². The third-order valence-electron chi connectivity index (χ3n) is 3.31. The molecule has 0 aliphatic carbocycles. The molecule has 0 fully saturated rings. The highest BCUT2D eigenvalue weighted by Crippen LogP contribution is 2.13. The number of aryl methyl sites for hydroxylation is 1. The van der Waals surface area contributed by atoms with E-state index >= 15 is 0 Å². The lowest BCUT2D eigenvalue weighted by molar-refractivity contribution is -0.689. The van der Waals surface area contributed by atoms with Crippen LogP contribution < -0.4 is 4.57 Å². The zero-order valence-electron chi connectivity index (χ0n) is 11.4. The average Bonchev–Trinajstić information content (AvgIpc) is 2.44. The third-order valence-corrected chi connectivity index (χ3v) is 3.31. The highest BCUT2D eigenvalue weighted by Gasteiger charge is 2.17. The molecule has 5 heteroatoms. The molecule has 20 heavy (non-hydrogen) atoms. The molecular weight excluding hydrogens is 256 g/mol. The normalized spacial score (nSPS) is 10.3. The van der Waals surface area contributed by atoms with Crippen LogP contribution in [-0.2, 0) is 6.54 Å². The van der Waals surface area contributed by atoms with Gasteiger partial charge in [0.2, 0.25) is 12.3 Å². The van der Waals surface area contributed by atoms with Crippen LogP contribution in [0.15, 0.2) is 42.6 Å². The Hall–Kier alpha value is -2.56. The van der Waals surface area contributed by atoms with Crippen molar-refractivity contribution in [3.63, 3.8) is 0 Å². The molecule has 0 unspecified atom stereocenters. The van der Waals surface area contributed by atoms with Gasteiger partial charge in [0.25, 0.3) is 5.69 Å². The average molecular weight is 271 g/mol. The Kier molecular flexibility index (Phi) is 3.89. The molecule has 0 N–H and O–H groups in total. The van der Waals surface area contributed by atoms with Gasteiger partial charge in [0.15, 0.2) is 11.9 Å². The Morgan fingerprint density at radius 3 is 2.70 bits per heavy atom. The largest absolute Gasteiger partial charge is 0.287 e. The van der Waals surface area contributed by atoms with Crippen LogP contribution in [0.4, 0.5) is 5.69 Å². The number of hydrogen-bond donors (Lipinski definition) is 0. The molecule has 0 amide bonds. The fourth-order valence-electron chi connectivity index (χ4n) is 1.96. The van der Waals surface area contributed by atoms with Gasteiger partial charge in [-0.05, 0) is 13.0 Å². The molecule has 5 nitrogen and oxygen atoms in total. The lowest BCUT2D eigenvalue weighted by atomic mass is 10.1. The van der Waals surface area contributed by atoms with E-state index in [1.54, 1.807) is 6.07 Å². The molecule has 0 spiro atoms. The van der Waals surface area contributed by atoms with Crippen molar-refractivity contribution < 1.29 is 14.3 Å². The number of aromatic nitrogens is 1. The summed E-state index contributed by atoms with van der Waals surface area (Å²) in [6, 6.07) is 9.67. The Balaban J connectivity index is 2.26. The predicted octanol–water partition coefficient (Wildman–Crippen LogP) is 2.38. The second-order valence-electron chi connectivity index (χ2n) is 4.64. The fourth-order valence-corrected chi connectivity index (χ4v) is 1.96. The number of rotatable bonds is 4. The standard InChI is InChI=1S/C15H15N2O3/c1-11-5-4-8-16(12(11)2)10-15(18)13-6-3-7-14(9-13)17(19)20/h3-9H,10H2,1-2H3/q+1. The summed E-state index contributed by atoms with van der Waals surface area (Å²) < 4.78 is 1.84. The minimum absolute atomic E-state index is 0.0678. The van der Waals surface area contributed by atoms with Gasteiger partial charge in [-0.2, -0.15) is 4.57 Å². The van der Waals surface area contributed by atoms with Crippen molar-refractivity contribution in [1.29, 1.82) is 0 Å². The highest BCUT2D eigenvalue weighted by molar-refractivity contribution is 5.95. The Labute approximate surface area is 116 Å². The lowest BCUT2D eigenvalue weighted by Crippen LogP contribution is -2.41. The maximum absolute atomic E-state index is 12.2. The molecule has 0 saturated heterocycles. The van der Waals surface area contributed by atoms with Gasteiger partial charge in [0, 0.05) is 36.2 Å². The van der Waals surface area contributed by atoms with E-state index in [0.717, 1.165) is 11.3 Å². The summed E-state index contributed by atoms with van der Waals surface area (Å²) in [6.07, 6.45) is 1.83. The first-order valence-corrected chi connectivity index (χ1v) is 6.22. The van der Waals surface area contributed by atoms with E-state index in [1.165, 1.54) is 18.2 Å². The molecular formula is C15H15N2O3+. The van der Waals surface area contributed by atoms with Crippen molar-refractivity contribution in [3.05, 3.63) is 69.5 Å². The van der Waals surface area contributed by atoms with E-state index in [0.29, 0.717) is 5.56 Å². The third kappa shape index (κ3) is 2.88. The van der Waals surface area contributed by atoms with E-state index in [9.17, 15) is 14.9 Å². The maximum Gasteiger partial charge on any atom is 0.270 e. The number of nitro benzene ring substituents is 1. The van der Waals surface area contributed by atoms with Crippen molar-refractivity contribution in [2.45, 2.75) is 20.4 Å². The molecule has 1 aromatic heterocycles. The molecule has 0 bridgehead atoms. The monoisotopic (exact) mass is 271 g/mol. The number of nitrogens with zero attached hydrogens (tertiary/aromatic N) is 2. The van der Waals surface area contributed by atoms with Gasteiger partial charge >= 0.3 is 0 Å². The fraction of sp³-hybridized carbons (Fsp3) is 0.200. The number of carbonyl (C=O) groups is 1. The Morgan fingerprint density at radius 2 is 2.00 bits per heavy atom. The minimum atomic E-state index is -0.498. The summed E-state index contributed by atoms with van der Waals surface area (Å²) >= 11 is 0. The van der Waals surface area contributed by atoms with Gasteiger partial charge in [-0.25, -0.2) is 0 Å². The SMILES string of the molecule is Cc1ccc[n+](CC(=O)c2cccc([N+](=O)[O-])c2)c1C. The molecule has 0 radical (unpaired) electrons. The smallest absolute Gasteiger partial charge is 0.270 e. The number of nitro groups is 1. The number of benzene rings is 1. The Morgan fingerprint density at radius 1 is 1.25 bits per heavy atom. The first-order chi connectivity index (χ1) is 9.49. The van der Waals surface area contributed by atoms with Crippen LogP contribution in [0.2, 0.25) is 0 Å². The molecule has 0 aliphatic heterocycles. The van der Waals surface area contributed by atoms with Gasteiger partial charge in [0.05, 0.1) is 4.92 Å². The van der Waals surface area contributed by atoms with Crippen LogP contribution in [0.5, 0.6) is 0 Å². The van der Waals surface area contributed by atoms with Crippen LogP contribution in [0.3, 0.4) is 0 Å². The first-order valence-electron chi connectivity index (χ1n) is 6.22. The first kappa shape index (κ1) is 13.9. The number of non-ortho nitro benzene ring substituents is 1. The zero-order chi connectivity index (χ0) is 14.7. The van der Waals surface area contributed by atoms with Gasteiger partial charge in [-0.15, -0.1) is 0 Å². The second kappa shape index (κ2) is 5.61. The lowest BCUT2D eigenvalue weighted by Gasteiger charge is -2.02. The van der Waals surface area contributed by atoms with Gasteiger partial charge in [-0.3, -0.25) is 14.9 Å². The second-order valence-corrected chi connectivity index (χ2v) is 4.64. The molecule has 1 heterocycles. The summed E-state index contributed by atoms with van der Waals surface area (Å²) in [7, 11) is 0. The zero-order valence-corrected chi connectivity index (χ0v) is 11.4. The number of ketones is 1. The summed E-state index contributed by atoms with van der Waals surface area (Å²) in [6.45, 7) is 4.09. The number of carbonyl (C=O) groups excluding carboxylic acids is 1.